The fraction of sp³-hybridized carbons (Fsp3) is 0.550. The average molecular weight is 357 g/mol. The van der Waals surface area contributed by atoms with Crippen molar-refractivity contribution in [3.05, 3.63) is 30.3 Å². The minimum atomic E-state index is -0.560. The molecule has 6 heteroatoms. The molecule has 1 aromatic rings. The summed E-state index contributed by atoms with van der Waals surface area (Å²) in [6, 6.07) is 9.29. The zero-order chi connectivity index (χ0) is 18.8. The first-order chi connectivity index (χ1) is 12.3. The molecule has 2 aliphatic heterocycles. The Kier molecular flexibility index (Phi) is 5.03. The van der Waals surface area contributed by atoms with Crippen molar-refractivity contribution in [3.63, 3.8) is 0 Å². The van der Waals surface area contributed by atoms with E-state index in [9.17, 15) is 9.59 Å². The summed E-state index contributed by atoms with van der Waals surface area (Å²) in [7, 11) is 0. The van der Waals surface area contributed by atoms with Crippen LogP contribution in [0.4, 0.5) is 5.69 Å². The van der Waals surface area contributed by atoms with Crippen molar-refractivity contribution < 1.29 is 14.4 Å². The van der Waals surface area contributed by atoms with Crippen LogP contribution in [0.3, 0.4) is 0 Å². The van der Waals surface area contributed by atoms with Gasteiger partial charge in [0.2, 0.25) is 5.91 Å². The highest BCUT2D eigenvalue weighted by Gasteiger charge is 2.45. The number of para-hydroxylation sites is 1. The number of hydrogen-bond donors (Lipinski definition) is 1. The number of rotatable bonds is 3. The van der Waals surface area contributed by atoms with Crippen LogP contribution < -0.4 is 5.32 Å². The molecule has 26 heavy (non-hydrogen) atoms. The number of oxime groups is 1. The lowest BCUT2D eigenvalue weighted by atomic mass is 9.86. The molecule has 6 nitrogen and oxygen atoms in total. The fourth-order valence-corrected chi connectivity index (χ4v) is 3.46. The van der Waals surface area contributed by atoms with Crippen LogP contribution in [0.5, 0.6) is 0 Å². The number of anilines is 1. The lowest BCUT2D eigenvalue weighted by Crippen LogP contribution is -2.51. The van der Waals surface area contributed by atoms with Crippen LogP contribution in [0, 0.1) is 5.41 Å². The predicted octanol–water partition coefficient (Wildman–Crippen LogP) is 3.20. The Bertz CT molecular complexity index is 709. The van der Waals surface area contributed by atoms with E-state index in [0.717, 1.165) is 25.1 Å². The molecule has 1 atom stereocenters. The summed E-state index contributed by atoms with van der Waals surface area (Å²) in [6.45, 7) is 7.42. The highest BCUT2D eigenvalue weighted by molar-refractivity contribution is 6.43. The van der Waals surface area contributed by atoms with E-state index in [-0.39, 0.29) is 17.2 Å². The van der Waals surface area contributed by atoms with Gasteiger partial charge in [-0.05, 0) is 30.4 Å². The van der Waals surface area contributed by atoms with Crippen molar-refractivity contribution in [1.29, 1.82) is 0 Å². The average Bonchev–Trinajstić information content (AvgIpc) is 2.98. The molecule has 0 saturated carbocycles. The van der Waals surface area contributed by atoms with E-state index < -0.39 is 5.60 Å². The summed E-state index contributed by atoms with van der Waals surface area (Å²) in [5.74, 6) is -0.103. The number of carbonyl (C=O) groups is 2. The monoisotopic (exact) mass is 357 g/mol. The van der Waals surface area contributed by atoms with Gasteiger partial charge in [-0.3, -0.25) is 9.59 Å². The normalized spacial score (nSPS) is 22.7. The van der Waals surface area contributed by atoms with Gasteiger partial charge in [0.25, 0.3) is 5.91 Å². The molecule has 1 N–H and O–H groups in total. The lowest BCUT2D eigenvalue weighted by Gasteiger charge is -2.39. The molecule has 140 valence electrons. The topological polar surface area (TPSA) is 71.0 Å². The van der Waals surface area contributed by atoms with Gasteiger partial charge in [-0.15, -0.1) is 0 Å². The zero-order valence-corrected chi connectivity index (χ0v) is 15.7. The van der Waals surface area contributed by atoms with Crippen LogP contribution in [-0.4, -0.2) is 41.1 Å². The SMILES string of the molecule is CC(C)(C)CC(=O)N1CCCC2(CC(C(=O)Nc3ccccc3)=NO2)C1. The first-order valence-electron chi connectivity index (χ1n) is 9.16. The maximum Gasteiger partial charge on any atom is 0.273 e. The van der Waals surface area contributed by atoms with E-state index in [1.807, 2.05) is 35.2 Å². The van der Waals surface area contributed by atoms with Gasteiger partial charge in [0, 0.05) is 25.1 Å². The molecule has 1 fully saturated rings. The molecule has 0 aliphatic carbocycles. The van der Waals surface area contributed by atoms with Crippen LogP contribution in [0.1, 0.15) is 46.5 Å². The van der Waals surface area contributed by atoms with Gasteiger partial charge in [0.05, 0.1) is 6.54 Å². The minimum Gasteiger partial charge on any atom is -0.386 e. The largest absolute Gasteiger partial charge is 0.386 e. The van der Waals surface area contributed by atoms with E-state index in [1.165, 1.54) is 0 Å². The molecule has 1 spiro atoms. The quantitative estimate of drug-likeness (QED) is 0.903. The summed E-state index contributed by atoms with van der Waals surface area (Å²) >= 11 is 0. The minimum absolute atomic E-state index is 0.0462. The Morgan fingerprint density at radius 1 is 1.27 bits per heavy atom. The lowest BCUT2D eigenvalue weighted by molar-refractivity contribution is -0.142. The Morgan fingerprint density at radius 2 is 2.00 bits per heavy atom. The number of benzene rings is 1. The van der Waals surface area contributed by atoms with Crippen LogP contribution in [0.15, 0.2) is 35.5 Å². The number of nitrogens with one attached hydrogen (secondary N) is 1. The Hall–Kier alpha value is -2.37. The molecule has 1 unspecified atom stereocenters. The fourth-order valence-electron chi connectivity index (χ4n) is 3.46. The number of piperidine rings is 1. The van der Waals surface area contributed by atoms with Crippen molar-refractivity contribution >= 4 is 23.2 Å². The van der Waals surface area contributed by atoms with Crippen molar-refractivity contribution in [1.82, 2.24) is 4.90 Å². The molecular formula is C20H27N3O3. The molecule has 1 saturated heterocycles. The molecule has 0 bridgehead atoms. The Morgan fingerprint density at radius 3 is 2.69 bits per heavy atom. The second-order valence-corrected chi connectivity index (χ2v) is 8.47. The summed E-state index contributed by atoms with van der Waals surface area (Å²) in [5.41, 5.74) is 0.510. The van der Waals surface area contributed by atoms with E-state index in [0.29, 0.717) is 25.1 Å². The summed E-state index contributed by atoms with van der Waals surface area (Å²) < 4.78 is 0. The number of carbonyl (C=O) groups excluding carboxylic acids is 2. The van der Waals surface area contributed by atoms with Crippen LogP contribution in [-0.2, 0) is 14.4 Å². The number of likely N-dealkylation sites (tertiary alicyclic amines) is 1. The highest BCUT2D eigenvalue weighted by atomic mass is 16.7. The van der Waals surface area contributed by atoms with Gasteiger partial charge in [0.1, 0.15) is 5.71 Å². The smallest absolute Gasteiger partial charge is 0.273 e. The summed E-state index contributed by atoms with van der Waals surface area (Å²) in [5, 5.41) is 6.88. The third-order valence-electron chi connectivity index (χ3n) is 4.71. The summed E-state index contributed by atoms with van der Waals surface area (Å²) in [4.78, 5) is 32.6. The van der Waals surface area contributed by atoms with Crippen molar-refractivity contribution in [2.75, 3.05) is 18.4 Å². The molecule has 1 aromatic carbocycles. The molecule has 2 heterocycles. The number of hydrogen-bond acceptors (Lipinski definition) is 4. The molecule has 2 amide bonds. The molecule has 0 aromatic heterocycles. The van der Waals surface area contributed by atoms with Crippen LogP contribution >= 0.6 is 0 Å². The predicted molar refractivity (Wildman–Crippen MR) is 101 cm³/mol. The summed E-state index contributed by atoms with van der Waals surface area (Å²) in [6.07, 6.45) is 2.60. The second-order valence-electron chi connectivity index (χ2n) is 8.47. The number of amides is 2. The third kappa shape index (κ3) is 4.42. The van der Waals surface area contributed by atoms with Gasteiger partial charge in [-0.2, -0.15) is 0 Å². The maximum atomic E-state index is 12.6. The third-order valence-corrected chi connectivity index (χ3v) is 4.71. The van der Waals surface area contributed by atoms with Crippen molar-refractivity contribution in [3.8, 4) is 0 Å². The van der Waals surface area contributed by atoms with Gasteiger partial charge in [-0.25, -0.2) is 0 Å². The first kappa shape index (κ1) is 18.4. The highest BCUT2D eigenvalue weighted by Crippen LogP contribution is 2.34. The van der Waals surface area contributed by atoms with E-state index in [4.69, 9.17) is 4.84 Å². The number of nitrogens with zero attached hydrogens (tertiary/aromatic N) is 2. The van der Waals surface area contributed by atoms with E-state index in [1.54, 1.807) is 0 Å². The Balaban J connectivity index is 1.60. The van der Waals surface area contributed by atoms with Gasteiger partial charge >= 0.3 is 0 Å². The molecule has 3 rings (SSSR count). The molecule has 0 radical (unpaired) electrons. The molecular weight excluding hydrogens is 330 g/mol. The van der Waals surface area contributed by atoms with E-state index >= 15 is 0 Å². The van der Waals surface area contributed by atoms with Crippen molar-refractivity contribution in [2.45, 2.75) is 52.1 Å². The maximum absolute atomic E-state index is 12.6. The zero-order valence-electron chi connectivity index (χ0n) is 15.7. The Labute approximate surface area is 154 Å². The van der Waals surface area contributed by atoms with Crippen LogP contribution in [0.25, 0.3) is 0 Å². The first-order valence-corrected chi connectivity index (χ1v) is 9.16. The standard InChI is InChI=1S/C20H27N3O3/c1-19(2,3)13-17(24)23-11-7-10-20(14-23)12-16(22-26-20)18(25)21-15-8-5-4-6-9-15/h4-6,8-9H,7,10-14H2,1-3H3,(H,21,25). The molecule has 2 aliphatic rings. The van der Waals surface area contributed by atoms with Crippen molar-refractivity contribution in [2.24, 2.45) is 10.6 Å². The van der Waals surface area contributed by atoms with Gasteiger partial charge in [0.15, 0.2) is 5.60 Å². The van der Waals surface area contributed by atoms with E-state index in [2.05, 4.69) is 31.2 Å². The van der Waals surface area contributed by atoms with Gasteiger partial charge < -0.3 is 15.1 Å². The second kappa shape index (κ2) is 7.09. The van der Waals surface area contributed by atoms with Gasteiger partial charge in [-0.1, -0.05) is 44.1 Å². The van der Waals surface area contributed by atoms with Crippen LogP contribution in [0.2, 0.25) is 0 Å².